The van der Waals surface area contributed by atoms with E-state index >= 15 is 0 Å². The molecule has 0 bridgehead atoms. The summed E-state index contributed by atoms with van der Waals surface area (Å²) < 4.78 is 41.0. The number of anilines is 2. The Morgan fingerprint density at radius 2 is 1.71 bits per heavy atom. The van der Waals surface area contributed by atoms with Gasteiger partial charge in [-0.2, -0.15) is 18.3 Å². The number of piperidine rings is 2. The van der Waals surface area contributed by atoms with E-state index in [-0.39, 0.29) is 46.6 Å². The molecule has 16 heteroatoms. The maximum atomic E-state index is 13.5. The number of hydrogen-bond donors (Lipinski definition) is 2. The van der Waals surface area contributed by atoms with Crippen LogP contribution in [0.15, 0.2) is 42.6 Å². The summed E-state index contributed by atoms with van der Waals surface area (Å²) in [5.41, 5.74) is 1.55. The van der Waals surface area contributed by atoms with Crippen molar-refractivity contribution in [1.82, 2.24) is 24.9 Å². The average molecular weight is 724 g/mol. The number of nitrogens with zero attached hydrogens (tertiary/aromatic N) is 5. The fraction of sp³-hybridized carbons (Fsp3) is 0.429. The lowest BCUT2D eigenvalue weighted by molar-refractivity contribution is -0.138. The number of halogens is 4. The van der Waals surface area contributed by atoms with E-state index in [0.717, 1.165) is 66.3 Å². The molecule has 1 saturated carbocycles. The molecule has 3 aromatic rings. The molecule has 5 amide bonds. The zero-order valence-electron chi connectivity index (χ0n) is 27.3. The molecule has 266 valence electrons. The normalized spacial score (nSPS) is 22.2. The molecule has 8 rings (SSSR count). The lowest BCUT2D eigenvalue weighted by atomic mass is 9.76. The molecule has 1 aliphatic carbocycles. The summed E-state index contributed by atoms with van der Waals surface area (Å²) in [5, 5.41) is 9.60. The fourth-order valence-electron chi connectivity index (χ4n) is 7.90. The predicted octanol–water partition coefficient (Wildman–Crippen LogP) is 4.46. The molecule has 4 aliphatic heterocycles. The van der Waals surface area contributed by atoms with Crippen LogP contribution < -0.4 is 15.5 Å². The van der Waals surface area contributed by atoms with Crippen molar-refractivity contribution in [2.24, 2.45) is 0 Å². The van der Waals surface area contributed by atoms with Gasteiger partial charge in [0.2, 0.25) is 11.8 Å². The molecule has 1 unspecified atom stereocenters. The molecule has 2 aromatic carbocycles. The molecule has 12 nitrogen and oxygen atoms in total. The van der Waals surface area contributed by atoms with E-state index in [4.69, 9.17) is 16.7 Å². The van der Waals surface area contributed by atoms with E-state index in [1.54, 1.807) is 16.8 Å². The summed E-state index contributed by atoms with van der Waals surface area (Å²) in [4.78, 5) is 69.4. The van der Waals surface area contributed by atoms with Crippen molar-refractivity contribution in [3.63, 3.8) is 0 Å². The molecule has 5 heterocycles. The summed E-state index contributed by atoms with van der Waals surface area (Å²) in [6.07, 6.45) is 1.17. The highest BCUT2D eigenvalue weighted by molar-refractivity contribution is 6.33. The van der Waals surface area contributed by atoms with Crippen LogP contribution >= 0.6 is 11.6 Å². The van der Waals surface area contributed by atoms with Gasteiger partial charge in [-0.1, -0.05) is 11.6 Å². The Labute approximate surface area is 294 Å². The number of benzene rings is 2. The largest absolute Gasteiger partial charge is 0.416 e. The second-order valence-corrected chi connectivity index (χ2v) is 14.3. The monoisotopic (exact) mass is 723 g/mol. The molecule has 51 heavy (non-hydrogen) atoms. The van der Waals surface area contributed by atoms with Crippen molar-refractivity contribution >= 4 is 52.5 Å². The van der Waals surface area contributed by atoms with Gasteiger partial charge in [0.05, 0.1) is 33.1 Å². The zero-order chi connectivity index (χ0) is 35.8. The Bertz CT molecular complexity index is 1980. The Morgan fingerprint density at radius 3 is 2.35 bits per heavy atom. The molecule has 3 fully saturated rings. The third kappa shape index (κ3) is 5.66. The van der Waals surface area contributed by atoms with Crippen molar-refractivity contribution < 1.29 is 37.1 Å². The van der Waals surface area contributed by atoms with Crippen LogP contribution in [0.1, 0.15) is 82.5 Å². The minimum absolute atomic E-state index is 0.0617. The molecule has 0 radical (unpaired) electrons. The van der Waals surface area contributed by atoms with Crippen LogP contribution in [0.25, 0.3) is 0 Å². The summed E-state index contributed by atoms with van der Waals surface area (Å²) in [6.45, 7) is 2.76. The number of alkyl halides is 3. The van der Waals surface area contributed by atoms with Crippen LogP contribution in [-0.2, 0) is 39.2 Å². The van der Waals surface area contributed by atoms with Gasteiger partial charge >= 0.3 is 6.18 Å². The lowest BCUT2D eigenvalue weighted by Gasteiger charge is -2.40. The van der Waals surface area contributed by atoms with Gasteiger partial charge in [-0.05, 0) is 74.9 Å². The highest BCUT2D eigenvalue weighted by Crippen LogP contribution is 2.43. The van der Waals surface area contributed by atoms with Gasteiger partial charge in [0.1, 0.15) is 11.6 Å². The standard InChI is InChI=1S/C35H33ClF3N7O5/c36-25-14-20(35(37,38)39)2-5-26(25)40-33(51)34(10-1-11-34)45-17-19-16-44(18-27(19)42-45)21-8-12-43(13-9-21)22-3-4-23-24(15-22)32(50)46(31(23)49)28-6-7-29(47)41-30(28)48/h2-5,14-15,17,21,28H,1,6-13,16,18H2,(H,40,51)(H,41,47,48). The number of carbonyl (C=O) groups is 5. The zero-order valence-corrected chi connectivity index (χ0v) is 28.0. The van der Waals surface area contributed by atoms with Crippen molar-refractivity contribution in [1.29, 1.82) is 0 Å². The van der Waals surface area contributed by atoms with Crippen LogP contribution in [0.3, 0.4) is 0 Å². The van der Waals surface area contributed by atoms with E-state index in [1.165, 1.54) is 6.07 Å². The SMILES string of the molecule is O=C1CCC(N2C(=O)c3ccc(N4CCC(N5Cc6cn(C7(C(=O)Nc8ccc(C(F)(F)F)cc8Cl)CCC7)nc6C5)CC4)cc3C2=O)C(=O)N1. The van der Waals surface area contributed by atoms with E-state index in [1.807, 2.05) is 12.3 Å². The molecule has 1 atom stereocenters. The second-order valence-electron chi connectivity index (χ2n) is 13.9. The van der Waals surface area contributed by atoms with Crippen LogP contribution in [0.2, 0.25) is 5.02 Å². The first-order valence-electron chi connectivity index (χ1n) is 16.9. The summed E-state index contributed by atoms with van der Waals surface area (Å²) in [6, 6.07) is 7.32. The number of amides is 5. The molecule has 0 spiro atoms. The van der Waals surface area contributed by atoms with Crippen LogP contribution in [0.5, 0.6) is 0 Å². The van der Waals surface area contributed by atoms with Crippen LogP contribution in [0, 0.1) is 0 Å². The molecular formula is C35H33ClF3N7O5. The van der Waals surface area contributed by atoms with Crippen molar-refractivity contribution in [3.8, 4) is 0 Å². The van der Waals surface area contributed by atoms with Gasteiger partial charge in [-0.3, -0.25) is 43.8 Å². The van der Waals surface area contributed by atoms with Gasteiger partial charge in [0.25, 0.3) is 17.7 Å². The molecule has 2 N–H and O–H groups in total. The topological polar surface area (TPSA) is 137 Å². The predicted molar refractivity (Wildman–Crippen MR) is 177 cm³/mol. The maximum Gasteiger partial charge on any atom is 0.416 e. The van der Waals surface area contributed by atoms with Gasteiger partial charge in [-0.15, -0.1) is 0 Å². The summed E-state index contributed by atoms with van der Waals surface area (Å²) in [5.74, 6) is -2.48. The number of aromatic nitrogens is 2. The highest BCUT2D eigenvalue weighted by atomic mass is 35.5. The average Bonchev–Trinajstić information content (AvgIpc) is 3.72. The molecule has 5 aliphatic rings. The Balaban J connectivity index is 0.889. The van der Waals surface area contributed by atoms with Gasteiger partial charge in [0.15, 0.2) is 0 Å². The number of nitrogens with one attached hydrogen (secondary N) is 2. The third-order valence-corrected chi connectivity index (χ3v) is 11.3. The van der Waals surface area contributed by atoms with Gasteiger partial charge in [0, 0.05) is 56.1 Å². The van der Waals surface area contributed by atoms with Crippen molar-refractivity contribution in [2.45, 2.75) is 81.8 Å². The van der Waals surface area contributed by atoms with E-state index in [9.17, 15) is 37.1 Å². The number of imide groups is 2. The minimum atomic E-state index is -4.54. The number of fused-ring (bicyclic) bond motifs is 2. The first-order valence-corrected chi connectivity index (χ1v) is 17.3. The number of rotatable bonds is 6. The number of hydrogen-bond acceptors (Lipinski definition) is 8. The first-order chi connectivity index (χ1) is 24.3. The van der Waals surface area contributed by atoms with Crippen LogP contribution in [0.4, 0.5) is 24.5 Å². The quantitative estimate of drug-likeness (QED) is 0.356. The van der Waals surface area contributed by atoms with E-state index in [0.29, 0.717) is 25.9 Å². The fourth-order valence-corrected chi connectivity index (χ4v) is 8.13. The van der Waals surface area contributed by atoms with Crippen molar-refractivity contribution in [3.05, 3.63) is 75.6 Å². The van der Waals surface area contributed by atoms with E-state index < -0.39 is 46.9 Å². The Morgan fingerprint density at radius 1 is 0.961 bits per heavy atom. The second kappa shape index (κ2) is 12.2. The molecule has 1 aromatic heterocycles. The van der Waals surface area contributed by atoms with Gasteiger partial charge < -0.3 is 10.2 Å². The Hall–Kier alpha value is -4.76. The minimum Gasteiger partial charge on any atom is -0.371 e. The molecular weight excluding hydrogens is 691 g/mol. The third-order valence-electron chi connectivity index (χ3n) is 11.0. The number of carbonyl (C=O) groups excluding carboxylic acids is 5. The smallest absolute Gasteiger partial charge is 0.371 e. The first kappa shape index (κ1) is 33.4. The highest BCUT2D eigenvalue weighted by Gasteiger charge is 2.48. The van der Waals surface area contributed by atoms with Gasteiger partial charge in [-0.25, -0.2) is 0 Å². The van der Waals surface area contributed by atoms with Crippen molar-refractivity contribution in [2.75, 3.05) is 23.3 Å². The van der Waals surface area contributed by atoms with E-state index in [2.05, 4.69) is 20.4 Å². The Kier molecular flexibility index (Phi) is 7.98. The molecule has 2 saturated heterocycles. The van der Waals surface area contributed by atoms with Crippen LogP contribution in [-0.4, -0.2) is 74.3 Å². The summed E-state index contributed by atoms with van der Waals surface area (Å²) >= 11 is 6.11. The maximum absolute atomic E-state index is 13.5. The summed E-state index contributed by atoms with van der Waals surface area (Å²) in [7, 11) is 0. The lowest BCUT2D eigenvalue weighted by Crippen LogP contribution is -2.54.